The maximum absolute atomic E-state index is 11.4. The Morgan fingerprint density at radius 3 is 1.52 bits per heavy atom. The van der Waals surface area contributed by atoms with Gasteiger partial charge < -0.3 is 10.2 Å². The molecule has 0 bridgehead atoms. The van der Waals surface area contributed by atoms with Crippen LogP contribution in [0.2, 0.25) is 0 Å². The Labute approximate surface area is 119 Å². The van der Waals surface area contributed by atoms with Gasteiger partial charge in [-0.1, -0.05) is 17.8 Å². The second kappa shape index (κ2) is 6.27. The van der Waals surface area contributed by atoms with Crippen LogP contribution in [0.25, 0.3) is 0 Å². The zero-order chi connectivity index (χ0) is 16.2. The topological polar surface area (TPSA) is 104 Å². The van der Waals surface area contributed by atoms with Gasteiger partial charge in [0.1, 0.15) is 6.61 Å². The molecule has 0 atom stereocenters. The highest BCUT2D eigenvalue weighted by atomic mass is 17.1. The highest BCUT2D eigenvalue weighted by Gasteiger charge is 2.28. The predicted octanol–water partition coefficient (Wildman–Crippen LogP) is 1.02. The fourth-order valence-corrected chi connectivity index (χ4v) is 1.90. The Balaban J connectivity index is 4.15. The molecule has 0 heterocycles. The molecular formula is C15H8O6. The summed E-state index contributed by atoms with van der Waals surface area (Å²) < 4.78 is 0. The summed E-state index contributed by atoms with van der Waals surface area (Å²) in [6, 6.07) is 0. The van der Waals surface area contributed by atoms with Gasteiger partial charge in [0.25, 0.3) is 0 Å². The minimum atomic E-state index is -1.51. The highest BCUT2D eigenvalue weighted by Crippen LogP contribution is 2.28. The molecule has 1 rings (SSSR count). The van der Waals surface area contributed by atoms with Crippen LogP contribution in [0, 0.1) is 37.0 Å². The Morgan fingerprint density at radius 1 is 0.905 bits per heavy atom. The smallest absolute Gasteiger partial charge is 0.338 e. The van der Waals surface area contributed by atoms with E-state index < -0.39 is 35.2 Å². The monoisotopic (exact) mass is 284 g/mol. The predicted molar refractivity (Wildman–Crippen MR) is 71.6 cm³/mol. The van der Waals surface area contributed by atoms with E-state index in [2.05, 4.69) is 16.7 Å². The first kappa shape index (κ1) is 15.8. The number of hydrogen-bond acceptors (Lipinski definition) is 4. The van der Waals surface area contributed by atoms with Crippen molar-refractivity contribution in [3.8, 4) is 37.0 Å². The van der Waals surface area contributed by atoms with E-state index in [1.807, 2.05) is 5.92 Å². The lowest BCUT2D eigenvalue weighted by Gasteiger charge is -2.15. The minimum Gasteiger partial charge on any atom is -0.478 e. The average molecular weight is 284 g/mol. The van der Waals surface area contributed by atoms with Crippen molar-refractivity contribution in [2.45, 2.75) is 6.61 Å². The summed E-state index contributed by atoms with van der Waals surface area (Å²) in [5.74, 6) is 3.14. The van der Waals surface area contributed by atoms with Gasteiger partial charge in [-0.2, -0.15) is 0 Å². The molecule has 0 aliphatic rings. The molecule has 0 saturated carbocycles. The number of carbonyl (C=O) groups is 2. The summed E-state index contributed by atoms with van der Waals surface area (Å²) in [6.45, 7) is -0.579. The maximum Gasteiger partial charge on any atom is 0.338 e. The van der Waals surface area contributed by atoms with E-state index >= 15 is 0 Å². The number of terminal acetylenes is 3. The van der Waals surface area contributed by atoms with E-state index in [0.29, 0.717) is 0 Å². The normalized spacial score (nSPS) is 9.24. The number of rotatable bonds is 4. The van der Waals surface area contributed by atoms with Gasteiger partial charge in [-0.05, 0) is 0 Å². The van der Waals surface area contributed by atoms with E-state index in [0.717, 1.165) is 0 Å². The summed E-state index contributed by atoms with van der Waals surface area (Å²) in [4.78, 5) is 26.6. The lowest BCUT2D eigenvalue weighted by atomic mass is 9.87. The molecule has 0 radical (unpaired) electrons. The molecule has 0 unspecified atom stereocenters. The van der Waals surface area contributed by atoms with E-state index in [-0.39, 0.29) is 16.7 Å². The Hall–Kier alpha value is -3.24. The molecule has 3 N–H and O–H groups in total. The number of aromatic carboxylic acids is 2. The largest absolute Gasteiger partial charge is 0.478 e. The van der Waals surface area contributed by atoms with Crippen molar-refractivity contribution >= 4 is 11.9 Å². The van der Waals surface area contributed by atoms with Crippen LogP contribution < -0.4 is 0 Å². The van der Waals surface area contributed by atoms with Crippen molar-refractivity contribution in [1.82, 2.24) is 0 Å². The lowest BCUT2D eigenvalue weighted by Crippen LogP contribution is -2.16. The van der Waals surface area contributed by atoms with Crippen LogP contribution in [0.5, 0.6) is 0 Å². The van der Waals surface area contributed by atoms with Gasteiger partial charge in [-0.15, -0.1) is 19.3 Å². The molecule has 0 aliphatic carbocycles. The first-order valence-electron chi connectivity index (χ1n) is 5.30. The van der Waals surface area contributed by atoms with Gasteiger partial charge in [0.15, 0.2) is 0 Å². The van der Waals surface area contributed by atoms with E-state index in [4.69, 9.17) is 24.5 Å². The van der Waals surface area contributed by atoms with Gasteiger partial charge in [-0.3, -0.25) is 5.26 Å². The zero-order valence-corrected chi connectivity index (χ0v) is 10.5. The van der Waals surface area contributed by atoms with Gasteiger partial charge in [-0.25, -0.2) is 14.5 Å². The van der Waals surface area contributed by atoms with Crippen LogP contribution in [0.3, 0.4) is 0 Å². The van der Waals surface area contributed by atoms with Gasteiger partial charge in [0.2, 0.25) is 0 Å². The number of carboxylic acid groups (broad SMARTS) is 2. The summed E-state index contributed by atoms with van der Waals surface area (Å²) in [7, 11) is 0. The third-order valence-corrected chi connectivity index (χ3v) is 2.67. The minimum absolute atomic E-state index is 0.115. The molecule has 1 aromatic carbocycles. The van der Waals surface area contributed by atoms with E-state index in [1.165, 1.54) is 0 Å². The molecule has 6 nitrogen and oxygen atoms in total. The first-order valence-corrected chi connectivity index (χ1v) is 5.30. The third kappa shape index (κ3) is 2.56. The van der Waals surface area contributed by atoms with Crippen LogP contribution in [0.1, 0.15) is 43.0 Å². The molecule has 0 aromatic heterocycles. The summed E-state index contributed by atoms with van der Waals surface area (Å²) in [5, 5.41) is 27.0. The van der Waals surface area contributed by atoms with Crippen LogP contribution in [0.15, 0.2) is 0 Å². The fourth-order valence-electron chi connectivity index (χ4n) is 1.90. The van der Waals surface area contributed by atoms with Crippen molar-refractivity contribution in [2.24, 2.45) is 0 Å². The average Bonchev–Trinajstić information content (AvgIpc) is 2.45. The van der Waals surface area contributed by atoms with Gasteiger partial charge in [0, 0.05) is 16.7 Å². The number of carboxylic acids is 2. The van der Waals surface area contributed by atoms with Crippen molar-refractivity contribution < 1.29 is 29.9 Å². The molecule has 1 aromatic rings. The molecular weight excluding hydrogens is 276 g/mol. The molecule has 21 heavy (non-hydrogen) atoms. The summed E-state index contributed by atoms with van der Waals surface area (Å²) >= 11 is 0. The Bertz CT molecular complexity index is 699. The number of hydrogen-bond donors (Lipinski definition) is 3. The summed E-state index contributed by atoms with van der Waals surface area (Å²) in [6.07, 6.45) is 15.7. The van der Waals surface area contributed by atoms with Crippen molar-refractivity contribution in [2.75, 3.05) is 0 Å². The third-order valence-electron chi connectivity index (χ3n) is 2.67. The number of benzene rings is 1. The quantitative estimate of drug-likeness (QED) is 0.433. The molecule has 0 fully saturated rings. The van der Waals surface area contributed by atoms with Crippen LogP contribution in [-0.4, -0.2) is 27.4 Å². The molecule has 0 aliphatic heterocycles. The first-order chi connectivity index (χ1) is 9.94. The van der Waals surface area contributed by atoms with Crippen molar-refractivity contribution in [3.63, 3.8) is 0 Å². The SMILES string of the molecule is C#Cc1c(COO)c(C#C)c(C(=O)O)c(C#C)c1C(=O)O. The second-order valence-electron chi connectivity index (χ2n) is 3.67. The van der Waals surface area contributed by atoms with Gasteiger partial charge >= 0.3 is 11.9 Å². The van der Waals surface area contributed by atoms with E-state index in [1.54, 1.807) is 0 Å². The van der Waals surface area contributed by atoms with Crippen molar-refractivity contribution in [3.05, 3.63) is 33.4 Å². The lowest BCUT2D eigenvalue weighted by molar-refractivity contribution is -0.253. The van der Waals surface area contributed by atoms with Gasteiger partial charge in [0.05, 0.1) is 16.7 Å². The summed E-state index contributed by atoms with van der Waals surface area (Å²) in [5.41, 5.74) is -2.12. The Kier molecular flexibility index (Phi) is 4.72. The molecule has 0 spiro atoms. The maximum atomic E-state index is 11.4. The second-order valence-corrected chi connectivity index (χ2v) is 3.67. The van der Waals surface area contributed by atoms with E-state index in [9.17, 15) is 19.8 Å². The van der Waals surface area contributed by atoms with Crippen molar-refractivity contribution in [1.29, 1.82) is 0 Å². The van der Waals surface area contributed by atoms with Crippen LogP contribution >= 0.6 is 0 Å². The fraction of sp³-hybridized carbons (Fsp3) is 0.0667. The molecule has 6 heteroatoms. The molecule has 0 amide bonds. The standard InChI is InChI=1S/C15H8O6/c1-4-8-11(7-21-20)9(5-2)13(15(18)19)10(6-3)12(8)14(16)17/h1-3,20H,7H2,(H,16,17)(H,18,19). The highest BCUT2D eigenvalue weighted by molar-refractivity contribution is 6.03. The van der Waals surface area contributed by atoms with Crippen LogP contribution in [0.4, 0.5) is 0 Å². The van der Waals surface area contributed by atoms with Crippen LogP contribution in [-0.2, 0) is 11.5 Å². The zero-order valence-electron chi connectivity index (χ0n) is 10.5. The molecule has 0 saturated heterocycles. The Morgan fingerprint density at radius 2 is 1.29 bits per heavy atom. The molecule has 104 valence electrons.